The molecule has 0 saturated heterocycles. The summed E-state index contributed by atoms with van der Waals surface area (Å²) in [5.74, 6) is -0.173. The van der Waals surface area contributed by atoms with Crippen molar-refractivity contribution in [1.82, 2.24) is 0 Å². The van der Waals surface area contributed by atoms with Crippen molar-refractivity contribution in [1.29, 1.82) is 0 Å². The van der Waals surface area contributed by atoms with E-state index in [1.165, 1.54) is 10.4 Å². The summed E-state index contributed by atoms with van der Waals surface area (Å²) < 4.78 is 14.2. The van der Waals surface area contributed by atoms with Crippen molar-refractivity contribution in [2.24, 2.45) is 5.73 Å². The van der Waals surface area contributed by atoms with E-state index in [0.717, 1.165) is 18.5 Å². The van der Waals surface area contributed by atoms with Gasteiger partial charge in [0.1, 0.15) is 5.82 Å². The molecule has 1 aliphatic heterocycles. The van der Waals surface area contributed by atoms with Crippen LogP contribution < -0.4 is 10.6 Å². The van der Waals surface area contributed by atoms with Gasteiger partial charge in [0.05, 0.1) is 11.7 Å². The lowest BCUT2D eigenvalue weighted by atomic mass is 10.0. The predicted octanol–water partition coefficient (Wildman–Crippen LogP) is 3.47. The smallest absolute Gasteiger partial charge is 0.146 e. The topological polar surface area (TPSA) is 29.3 Å². The Balaban J connectivity index is 1.95. The van der Waals surface area contributed by atoms with E-state index in [-0.39, 0.29) is 11.9 Å². The molecule has 0 radical (unpaired) electrons. The average Bonchev–Trinajstić information content (AvgIpc) is 2.89. The van der Waals surface area contributed by atoms with Gasteiger partial charge >= 0.3 is 0 Å². The molecule has 3 rings (SSSR count). The van der Waals surface area contributed by atoms with E-state index in [1.807, 2.05) is 12.1 Å². The van der Waals surface area contributed by atoms with Crippen LogP contribution >= 0.6 is 11.3 Å². The Morgan fingerprint density at radius 3 is 3.00 bits per heavy atom. The third kappa shape index (κ3) is 2.15. The number of nitrogens with zero attached hydrogens (tertiary/aromatic N) is 1. The van der Waals surface area contributed by atoms with E-state index in [0.29, 0.717) is 12.2 Å². The molecular weight excluding hydrogens is 259 g/mol. The molecular formula is C15H17FN2S. The maximum atomic E-state index is 14.2. The molecule has 0 fully saturated rings. The normalized spacial score (nSPS) is 18.5. The molecule has 2 N–H and O–H groups in total. The summed E-state index contributed by atoms with van der Waals surface area (Å²) in [7, 11) is 0. The number of thiophene rings is 1. The standard InChI is InChI=1S/C15H17FN2S/c1-10-12-5-7-19-15(12)4-6-18(10)14-3-2-11(9-17)8-13(14)16/h2-3,5,7-8,10H,4,6,9,17H2,1H3. The van der Waals surface area contributed by atoms with E-state index in [2.05, 4.69) is 23.3 Å². The van der Waals surface area contributed by atoms with Gasteiger partial charge < -0.3 is 10.6 Å². The molecule has 2 nitrogen and oxygen atoms in total. The predicted molar refractivity (Wildman–Crippen MR) is 78.1 cm³/mol. The summed E-state index contributed by atoms with van der Waals surface area (Å²) in [5.41, 5.74) is 8.39. The zero-order chi connectivity index (χ0) is 13.4. The Hall–Kier alpha value is -1.39. The monoisotopic (exact) mass is 276 g/mol. The number of rotatable bonds is 2. The van der Waals surface area contributed by atoms with Crippen molar-refractivity contribution in [3.63, 3.8) is 0 Å². The minimum absolute atomic E-state index is 0.173. The van der Waals surface area contributed by atoms with Gasteiger partial charge in [0.2, 0.25) is 0 Å². The second kappa shape index (κ2) is 4.94. The highest BCUT2D eigenvalue weighted by Crippen LogP contribution is 2.37. The number of hydrogen-bond acceptors (Lipinski definition) is 3. The lowest BCUT2D eigenvalue weighted by molar-refractivity contribution is 0.581. The van der Waals surface area contributed by atoms with Crippen LogP contribution in [0.15, 0.2) is 29.6 Å². The van der Waals surface area contributed by atoms with Crippen LogP contribution in [-0.4, -0.2) is 6.54 Å². The van der Waals surface area contributed by atoms with Gasteiger partial charge in [-0.1, -0.05) is 6.07 Å². The summed E-state index contributed by atoms with van der Waals surface area (Å²) >= 11 is 1.80. The van der Waals surface area contributed by atoms with Gasteiger partial charge in [0.15, 0.2) is 0 Å². The summed E-state index contributed by atoms with van der Waals surface area (Å²) in [6.07, 6.45) is 0.995. The van der Waals surface area contributed by atoms with E-state index in [9.17, 15) is 4.39 Å². The van der Waals surface area contributed by atoms with Crippen molar-refractivity contribution < 1.29 is 4.39 Å². The highest BCUT2D eigenvalue weighted by atomic mass is 32.1. The largest absolute Gasteiger partial charge is 0.362 e. The van der Waals surface area contributed by atoms with Gasteiger partial charge in [-0.25, -0.2) is 4.39 Å². The van der Waals surface area contributed by atoms with E-state index >= 15 is 0 Å². The molecule has 0 bridgehead atoms. The highest BCUT2D eigenvalue weighted by Gasteiger charge is 2.26. The van der Waals surface area contributed by atoms with Gasteiger partial charge in [0.25, 0.3) is 0 Å². The van der Waals surface area contributed by atoms with Crippen molar-refractivity contribution in [2.45, 2.75) is 25.9 Å². The Kier molecular flexibility index (Phi) is 3.29. The number of benzene rings is 1. The second-order valence-electron chi connectivity index (χ2n) is 4.91. The van der Waals surface area contributed by atoms with Crippen molar-refractivity contribution in [3.8, 4) is 0 Å². The molecule has 0 spiro atoms. The SMILES string of the molecule is CC1c2ccsc2CCN1c1ccc(CN)cc1F. The zero-order valence-corrected chi connectivity index (χ0v) is 11.7. The maximum absolute atomic E-state index is 14.2. The first kappa shape index (κ1) is 12.6. The molecule has 2 heterocycles. The third-order valence-electron chi connectivity index (χ3n) is 3.83. The van der Waals surface area contributed by atoms with Crippen LogP contribution in [-0.2, 0) is 13.0 Å². The minimum Gasteiger partial charge on any atom is -0.362 e. The number of hydrogen-bond donors (Lipinski definition) is 1. The first-order valence-electron chi connectivity index (χ1n) is 6.52. The molecule has 0 aliphatic carbocycles. The Bertz CT molecular complexity index is 594. The fraction of sp³-hybridized carbons (Fsp3) is 0.333. The molecule has 19 heavy (non-hydrogen) atoms. The van der Waals surface area contributed by atoms with E-state index < -0.39 is 0 Å². The Morgan fingerprint density at radius 2 is 2.26 bits per heavy atom. The Labute approximate surface area is 116 Å². The molecule has 1 unspecified atom stereocenters. The van der Waals surface area contributed by atoms with Crippen LogP contribution in [0.3, 0.4) is 0 Å². The van der Waals surface area contributed by atoms with Crippen LogP contribution in [0.1, 0.15) is 29.0 Å². The number of fused-ring (bicyclic) bond motifs is 1. The fourth-order valence-electron chi connectivity index (χ4n) is 2.75. The molecule has 100 valence electrons. The lowest BCUT2D eigenvalue weighted by Gasteiger charge is -2.35. The average molecular weight is 276 g/mol. The van der Waals surface area contributed by atoms with Crippen molar-refractivity contribution >= 4 is 17.0 Å². The molecule has 1 aliphatic rings. The quantitative estimate of drug-likeness (QED) is 0.910. The number of halogens is 1. The van der Waals surface area contributed by atoms with Crippen molar-refractivity contribution in [2.75, 3.05) is 11.4 Å². The van der Waals surface area contributed by atoms with Gasteiger partial charge in [-0.05, 0) is 48.1 Å². The summed E-state index contributed by atoms with van der Waals surface area (Å²) in [6, 6.07) is 7.70. The van der Waals surface area contributed by atoms with Crippen LogP contribution in [0, 0.1) is 5.82 Å². The molecule has 0 saturated carbocycles. The van der Waals surface area contributed by atoms with E-state index in [1.54, 1.807) is 17.4 Å². The summed E-state index contributed by atoms with van der Waals surface area (Å²) in [5, 5.41) is 2.12. The van der Waals surface area contributed by atoms with Gasteiger partial charge in [0, 0.05) is 18.0 Å². The van der Waals surface area contributed by atoms with Crippen LogP contribution in [0.5, 0.6) is 0 Å². The molecule has 1 aromatic heterocycles. The first-order valence-corrected chi connectivity index (χ1v) is 7.40. The third-order valence-corrected chi connectivity index (χ3v) is 4.83. The molecule has 1 aromatic carbocycles. The second-order valence-corrected chi connectivity index (χ2v) is 5.91. The van der Waals surface area contributed by atoms with Crippen LogP contribution in [0.25, 0.3) is 0 Å². The minimum atomic E-state index is -0.173. The summed E-state index contributed by atoms with van der Waals surface area (Å²) in [6.45, 7) is 3.38. The van der Waals surface area contributed by atoms with Gasteiger partial charge in [-0.2, -0.15) is 0 Å². The molecule has 0 amide bonds. The van der Waals surface area contributed by atoms with Crippen LogP contribution in [0.2, 0.25) is 0 Å². The molecule has 4 heteroatoms. The number of anilines is 1. The van der Waals surface area contributed by atoms with Gasteiger partial charge in [-0.15, -0.1) is 11.3 Å². The maximum Gasteiger partial charge on any atom is 0.146 e. The lowest BCUT2D eigenvalue weighted by Crippen LogP contribution is -2.33. The molecule has 1 atom stereocenters. The first-order chi connectivity index (χ1) is 9.20. The van der Waals surface area contributed by atoms with Gasteiger partial charge in [-0.3, -0.25) is 0 Å². The summed E-state index contributed by atoms with van der Waals surface area (Å²) in [4.78, 5) is 3.58. The number of nitrogens with two attached hydrogens (primary N) is 1. The van der Waals surface area contributed by atoms with Crippen molar-refractivity contribution in [3.05, 3.63) is 51.5 Å². The highest BCUT2D eigenvalue weighted by molar-refractivity contribution is 7.10. The fourth-order valence-corrected chi connectivity index (χ4v) is 3.71. The van der Waals surface area contributed by atoms with Crippen LogP contribution in [0.4, 0.5) is 10.1 Å². The zero-order valence-electron chi connectivity index (χ0n) is 10.9. The Morgan fingerprint density at radius 1 is 1.42 bits per heavy atom. The molecule has 2 aromatic rings. The van der Waals surface area contributed by atoms with E-state index in [4.69, 9.17) is 5.73 Å².